The minimum atomic E-state index is -1.63. The molecule has 0 unspecified atom stereocenters. The largest absolute Gasteiger partial charge is 0.481 e. The summed E-state index contributed by atoms with van der Waals surface area (Å²) in [7, 11) is 4.46. The Balaban J connectivity index is 1.81. The number of hydrogen-bond acceptors (Lipinski definition) is 5. The van der Waals surface area contributed by atoms with Crippen LogP contribution < -0.4 is 0 Å². The van der Waals surface area contributed by atoms with Crippen molar-refractivity contribution in [3.63, 3.8) is 0 Å². The van der Waals surface area contributed by atoms with E-state index in [0.717, 1.165) is 27.2 Å². The molecule has 0 heterocycles. The Kier molecular flexibility index (Phi) is 5.70. The van der Waals surface area contributed by atoms with E-state index in [1.165, 1.54) is 11.9 Å². The van der Waals surface area contributed by atoms with Crippen molar-refractivity contribution < 1.29 is 24.2 Å². The van der Waals surface area contributed by atoms with Gasteiger partial charge in [0.2, 0.25) is 0 Å². The molecule has 0 aliphatic heterocycles. The molecule has 29 heavy (non-hydrogen) atoms. The molecule has 152 valence electrons. The van der Waals surface area contributed by atoms with Crippen molar-refractivity contribution in [3.05, 3.63) is 59.7 Å². The van der Waals surface area contributed by atoms with Gasteiger partial charge in [-0.3, -0.25) is 19.4 Å². The summed E-state index contributed by atoms with van der Waals surface area (Å²) in [6, 6.07) is 15.9. The first kappa shape index (κ1) is 20.5. The standard InChI is InChI=1S/C22H24N2O5/c1-23(2)22(14-25,12-20(26)27)24(3)21(28)29-13-19-17-10-6-4-8-15(17)16-9-5-7-11-18(16)19/h4-11,14,19H,12-13H2,1-3H3,(H,26,27)/t22-/m0/s1. The molecule has 2 aromatic rings. The van der Waals surface area contributed by atoms with Crippen LogP contribution in [0.5, 0.6) is 0 Å². The highest BCUT2D eigenvalue weighted by atomic mass is 16.6. The summed E-state index contributed by atoms with van der Waals surface area (Å²) in [4.78, 5) is 38.2. The predicted molar refractivity (Wildman–Crippen MR) is 108 cm³/mol. The Morgan fingerprint density at radius 3 is 2.00 bits per heavy atom. The van der Waals surface area contributed by atoms with Crippen molar-refractivity contribution >= 4 is 18.3 Å². The van der Waals surface area contributed by atoms with E-state index in [1.54, 1.807) is 14.1 Å². The van der Waals surface area contributed by atoms with Gasteiger partial charge >= 0.3 is 12.1 Å². The topological polar surface area (TPSA) is 87.2 Å². The van der Waals surface area contributed by atoms with Gasteiger partial charge in [-0.15, -0.1) is 0 Å². The first-order valence-corrected chi connectivity index (χ1v) is 9.26. The first-order chi connectivity index (χ1) is 13.8. The molecule has 1 amide bonds. The maximum Gasteiger partial charge on any atom is 0.411 e. The fourth-order valence-electron chi connectivity index (χ4n) is 3.87. The Morgan fingerprint density at radius 2 is 1.55 bits per heavy atom. The lowest BCUT2D eigenvalue weighted by Crippen LogP contribution is -2.61. The van der Waals surface area contributed by atoms with Gasteiger partial charge in [0, 0.05) is 13.0 Å². The number of benzene rings is 2. The lowest BCUT2D eigenvalue weighted by atomic mass is 9.98. The summed E-state index contributed by atoms with van der Waals surface area (Å²) in [6.07, 6.45) is -0.846. The molecule has 2 aromatic carbocycles. The molecule has 1 aliphatic rings. The van der Waals surface area contributed by atoms with Gasteiger partial charge in [0.25, 0.3) is 0 Å². The maximum absolute atomic E-state index is 12.7. The van der Waals surface area contributed by atoms with Gasteiger partial charge in [-0.05, 0) is 36.3 Å². The number of carboxylic acids is 1. The molecular formula is C22H24N2O5. The molecule has 1 aliphatic carbocycles. The number of aliphatic carboxylic acids is 1. The van der Waals surface area contributed by atoms with Crippen LogP contribution in [0.15, 0.2) is 48.5 Å². The molecular weight excluding hydrogens is 372 g/mol. The van der Waals surface area contributed by atoms with Crippen LogP contribution in [0.1, 0.15) is 23.5 Å². The van der Waals surface area contributed by atoms with E-state index in [0.29, 0.717) is 6.29 Å². The van der Waals surface area contributed by atoms with Crippen LogP contribution in [-0.4, -0.2) is 66.7 Å². The quantitative estimate of drug-likeness (QED) is 0.572. The van der Waals surface area contributed by atoms with Crippen molar-refractivity contribution in [1.82, 2.24) is 9.80 Å². The number of hydrogen-bond donors (Lipinski definition) is 1. The number of carboxylic acid groups (broad SMARTS) is 1. The number of amides is 1. The third kappa shape index (κ3) is 3.61. The summed E-state index contributed by atoms with van der Waals surface area (Å²) < 4.78 is 5.55. The summed E-state index contributed by atoms with van der Waals surface area (Å²) in [6.45, 7) is 0.0899. The maximum atomic E-state index is 12.7. The van der Waals surface area contributed by atoms with Gasteiger partial charge in [-0.2, -0.15) is 0 Å². The van der Waals surface area contributed by atoms with E-state index in [-0.39, 0.29) is 12.5 Å². The SMILES string of the molecule is CN(C)[C@@](C=O)(CC(=O)O)N(C)C(=O)OCC1c2ccccc2-c2ccccc21. The van der Waals surface area contributed by atoms with Crippen molar-refractivity contribution in [3.8, 4) is 11.1 Å². The van der Waals surface area contributed by atoms with E-state index < -0.39 is 24.1 Å². The van der Waals surface area contributed by atoms with Gasteiger partial charge < -0.3 is 9.84 Å². The van der Waals surface area contributed by atoms with Gasteiger partial charge in [0.1, 0.15) is 6.61 Å². The Bertz CT molecular complexity index is 897. The normalized spacial score (nSPS) is 14.6. The van der Waals surface area contributed by atoms with Crippen LogP contribution >= 0.6 is 0 Å². The van der Waals surface area contributed by atoms with Crippen LogP contribution in [0, 0.1) is 0 Å². The molecule has 0 saturated heterocycles. The predicted octanol–water partition coefficient (Wildman–Crippen LogP) is 2.80. The van der Waals surface area contributed by atoms with Gasteiger partial charge in [-0.25, -0.2) is 4.79 Å². The third-order valence-corrected chi connectivity index (χ3v) is 5.57. The van der Waals surface area contributed by atoms with E-state index in [9.17, 15) is 19.5 Å². The Morgan fingerprint density at radius 1 is 1.03 bits per heavy atom. The monoisotopic (exact) mass is 396 g/mol. The highest BCUT2D eigenvalue weighted by Gasteiger charge is 2.43. The van der Waals surface area contributed by atoms with Crippen LogP contribution in [-0.2, 0) is 14.3 Å². The van der Waals surface area contributed by atoms with Gasteiger partial charge in [0.15, 0.2) is 11.9 Å². The molecule has 0 fully saturated rings. The average Bonchev–Trinajstić information content (AvgIpc) is 3.03. The summed E-state index contributed by atoms with van der Waals surface area (Å²) in [5, 5.41) is 9.22. The molecule has 1 atom stereocenters. The van der Waals surface area contributed by atoms with Crippen LogP contribution in [0.2, 0.25) is 0 Å². The van der Waals surface area contributed by atoms with E-state index in [4.69, 9.17) is 4.74 Å². The lowest BCUT2D eigenvalue weighted by molar-refractivity contribution is -0.147. The second-order valence-electron chi connectivity index (χ2n) is 7.32. The van der Waals surface area contributed by atoms with Crippen molar-refractivity contribution in [2.24, 2.45) is 0 Å². The zero-order chi connectivity index (χ0) is 21.2. The third-order valence-electron chi connectivity index (χ3n) is 5.57. The smallest absolute Gasteiger partial charge is 0.411 e. The summed E-state index contributed by atoms with van der Waals surface area (Å²) in [5.41, 5.74) is 2.74. The Hall–Kier alpha value is -3.19. The summed E-state index contributed by atoms with van der Waals surface area (Å²) >= 11 is 0. The second-order valence-corrected chi connectivity index (χ2v) is 7.32. The van der Waals surface area contributed by atoms with Gasteiger partial charge in [-0.1, -0.05) is 48.5 Å². The van der Waals surface area contributed by atoms with Crippen molar-refractivity contribution in [2.45, 2.75) is 18.0 Å². The second kappa shape index (κ2) is 8.05. The Labute approximate surface area is 169 Å². The van der Waals surface area contributed by atoms with E-state index in [2.05, 4.69) is 0 Å². The number of carbonyl (C=O) groups is 3. The van der Waals surface area contributed by atoms with Gasteiger partial charge in [0.05, 0.1) is 6.42 Å². The molecule has 0 spiro atoms. The van der Waals surface area contributed by atoms with Crippen LogP contribution in [0.25, 0.3) is 11.1 Å². The molecule has 7 nitrogen and oxygen atoms in total. The van der Waals surface area contributed by atoms with Crippen molar-refractivity contribution in [1.29, 1.82) is 0 Å². The molecule has 0 aromatic heterocycles. The molecule has 0 radical (unpaired) electrons. The number of rotatable bonds is 7. The minimum Gasteiger partial charge on any atom is -0.481 e. The minimum absolute atomic E-state index is 0.0899. The van der Waals surface area contributed by atoms with Crippen LogP contribution in [0.4, 0.5) is 4.79 Å². The number of nitrogens with zero attached hydrogens (tertiary/aromatic N) is 2. The number of fused-ring (bicyclic) bond motifs is 3. The molecule has 7 heteroatoms. The zero-order valence-electron chi connectivity index (χ0n) is 16.7. The fraction of sp³-hybridized carbons (Fsp3) is 0.318. The highest BCUT2D eigenvalue weighted by molar-refractivity contribution is 5.82. The molecule has 0 bridgehead atoms. The molecule has 3 rings (SSSR count). The van der Waals surface area contributed by atoms with E-state index in [1.807, 2.05) is 48.5 Å². The highest BCUT2D eigenvalue weighted by Crippen LogP contribution is 2.44. The molecule has 0 saturated carbocycles. The number of likely N-dealkylation sites (N-methyl/N-ethyl adjacent to an activating group) is 2. The average molecular weight is 396 g/mol. The van der Waals surface area contributed by atoms with E-state index >= 15 is 0 Å². The zero-order valence-corrected chi connectivity index (χ0v) is 16.7. The van der Waals surface area contributed by atoms with Crippen molar-refractivity contribution in [2.75, 3.05) is 27.7 Å². The summed E-state index contributed by atoms with van der Waals surface area (Å²) in [5.74, 6) is -1.31. The number of aldehydes is 1. The number of carbonyl (C=O) groups excluding carboxylic acids is 2. The first-order valence-electron chi connectivity index (χ1n) is 9.26. The fourth-order valence-corrected chi connectivity index (χ4v) is 3.87. The molecule has 1 N–H and O–H groups in total. The van der Waals surface area contributed by atoms with Crippen LogP contribution in [0.3, 0.4) is 0 Å². The number of ether oxygens (including phenoxy) is 1. The lowest BCUT2D eigenvalue weighted by Gasteiger charge is -2.40.